The fourth-order valence-corrected chi connectivity index (χ4v) is 5.02. The largest absolute Gasteiger partial charge is 0.494 e. The summed E-state index contributed by atoms with van der Waals surface area (Å²) < 4.78 is 12.2. The maximum Gasteiger partial charge on any atom is 0.123 e. The minimum atomic E-state index is 0.275. The van der Waals surface area contributed by atoms with Crippen molar-refractivity contribution < 1.29 is 9.47 Å². The fourth-order valence-electron chi connectivity index (χ4n) is 5.02. The van der Waals surface area contributed by atoms with Gasteiger partial charge in [0.25, 0.3) is 0 Å². The Balaban J connectivity index is 1.31. The minimum Gasteiger partial charge on any atom is -0.494 e. The predicted octanol–water partition coefficient (Wildman–Crippen LogP) is 5.86. The summed E-state index contributed by atoms with van der Waals surface area (Å²) in [6.45, 7) is 5.13. The van der Waals surface area contributed by atoms with Crippen LogP contribution in [0.4, 0.5) is 0 Å². The zero-order valence-electron chi connectivity index (χ0n) is 18.1. The average Bonchev–Trinajstić information content (AvgIpc) is 3.36. The van der Waals surface area contributed by atoms with E-state index in [9.17, 15) is 0 Å². The van der Waals surface area contributed by atoms with E-state index in [1.807, 2.05) is 0 Å². The van der Waals surface area contributed by atoms with E-state index in [1.54, 1.807) is 0 Å². The van der Waals surface area contributed by atoms with Crippen LogP contribution in [0.2, 0.25) is 0 Å². The van der Waals surface area contributed by atoms with Crippen LogP contribution in [0.15, 0.2) is 78.9 Å². The molecule has 0 N–H and O–H groups in total. The number of rotatable bonds is 7. The summed E-state index contributed by atoms with van der Waals surface area (Å²) in [7, 11) is 0. The molecule has 0 aromatic heterocycles. The number of hydrogen-bond donors (Lipinski definition) is 0. The van der Waals surface area contributed by atoms with Crippen molar-refractivity contribution >= 4 is 0 Å². The first-order valence-electron chi connectivity index (χ1n) is 11.6. The molecule has 5 rings (SSSR count). The van der Waals surface area contributed by atoms with Crippen molar-refractivity contribution in [3.05, 3.63) is 95.6 Å². The highest BCUT2D eigenvalue weighted by molar-refractivity contribution is 5.48. The van der Waals surface area contributed by atoms with E-state index in [1.165, 1.54) is 42.6 Å². The van der Waals surface area contributed by atoms with Gasteiger partial charge in [0.2, 0.25) is 0 Å². The molecular formula is C28H31NO2. The number of benzene rings is 3. The van der Waals surface area contributed by atoms with E-state index >= 15 is 0 Å². The molecule has 0 amide bonds. The maximum absolute atomic E-state index is 6.14. The van der Waals surface area contributed by atoms with Crippen LogP contribution < -0.4 is 9.47 Å². The first-order valence-corrected chi connectivity index (χ1v) is 11.6. The molecule has 2 unspecified atom stereocenters. The van der Waals surface area contributed by atoms with Crippen molar-refractivity contribution in [3.8, 4) is 11.5 Å². The molecule has 1 fully saturated rings. The molecule has 0 radical (unpaired) electrons. The van der Waals surface area contributed by atoms with Crippen LogP contribution >= 0.6 is 0 Å². The SMILES string of the molecule is c1ccc(C2COc3ccccc3C2c2ccc(OCCCN3CCCC3)cc2)cc1. The standard InChI is InChI=1S/C28H31NO2/c1-2-9-22(10-3-1)26-21-31-27-12-5-4-11-25(27)28(26)23-13-15-24(16-14-23)30-20-8-19-29-17-6-7-18-29/h1-5,9-16,26,28H,6-8,17-21H2. The second-order valence-corrected chi connectivity index (χ2v) is 8.66. The summed E-state index contributed by atoms with van der Waals surface area (Å²) in [6, 6.07) is 27.9. The predicted molar refractivity (Wildman–Crippen MR) is 125 cm³/mol. The van der Waals surface area contributed by atoms with Crippen LogP contribution in [-0.4, -0.2) is 37.7 Å². The Morgan fingerprint density at radius 1 is 0.806 bits per heavy atom. The highest BCUT2D eigenvalue weighted by Gasteiger charge is 2.33. The molecule has 3 heteroatoms. The Hall–Kier alpha value is -2.78. The third-order valence-corrected chi connectivity index (χ3v) is 6.63. The van der Waals surface area contributed by atoms with E-state index in [0.29, 0.717) is 12.5 Å². The lowest BCUT2D eigenvalue weighted by molar-refractivity contribution is 0.249. The summed E-state index contributed by atoms with van der Waals surface area (Å²) in [4.78, 5) is 2.54. The molecule has 2 aliphatic heterocycles. The van der Waals surface area contributed by atoms with Gasteiger partial charge >= 0.3 is 0 Å². The Bertz CT molecular complexity index is 964. The molecule has 2 atom stereocenters. The van der Waals surface area contributed by atoms with Gasteiger partial charge in [0.05, 0.1) is 13.2 Å². The fraction of sp³-hybridized carbons (Fsp3) is 0.357. The summed E-state index contributed by atoms with van der Waals surface area (Å²) in [6.07, 6.45) is 3.79. The molecule has 1 saturated heterocycles. The molecule has 2 aliphatic rings. The van der Waals surface area contributed by atoms with Gasteiger partial charge in [0, 0.05) is 23.9 Å². The van der Waals surface area contributed by atoms with Gasteiger partial charge in [0.1, 0.15) is 11.5 Å². The quantitative estimate of drug-likeness (QED) is 0.453. The lowest BCUT2D eigenvalue weighted by Crippen LogP contribution is -2.25. The molecule has 2 heterocycles. The van der Waals surface area contributed by atoms with Crippen LogP contribution in [0.5, 0.6) is 11.5 Å². The number of likely N-dealkylation sites (tertiary alicyclic amines) is 1. The number of fused-ring (bicyclic) bond motifs is 1. The summed E-state index contributed by atoms with van der Waals surface area (Å²) in [5, 5.41) is 0. The van der Waals surface area contributed by atoms with E-state index in [0.717, 1.165) is 31.1 Å². The third-order valence-electron chi connectivity index (χ3n) is 6.63. The average molecular weight is 414 g/mol. The molecule has 3 aromatic carbocycles. The van der Waals surface area contributed by atoms with Crippen molar-refractivity contribution in [1.29, 1.82) is 0 Å². The van der Waals surface area contributed by atoms with Gasteiger partial charge in [-0.3, -0.25) is 0 Å². The third kappa shape index (κ3) is 4.62. The molecule has 3 nitrogen and oxygen atoms in total. The van der Waals surface area contributed by atoms with Crippen molar-refractivity contribution in [2.75, 3.05) is 32.8 Å². The lowest BCUT2D eigenvalue weighted by Gasteiger charge is -2.34. The van der Waals surface area contributed by atoms with E-state index in [2.05, 4.69) is 83.8 Å². The van der Waals surface area contributed by atoms with Crippen LogP contribution in [0.3, 0.4) is 0 Å². The van der Waals surface area contributed by atoms with Crippen molar-refractivity contribution in [1.82, 2.24) is 4.90 Å². The molecule has 31 heavy (non-hydrogen) atoms. The lowest BCUT2D eigenvalue weighted by atomic mass is 9.76. The zero-order chi connectivity index (χ0) is 20.9. The van der Waals surface area contributed by atoms with Crippen LogP contribution in [0, 0.1) is 0 Å². The van der Waals surface area contributed by atoms with Crippen molar-refractivity contribution in [2.45, 2.75) is 31.1 Å². The molecule has 0 saturated carbocycles. The highest BCUT2D eigenvalue weighted by Crippen LogP contribution is 2.46. The monoisotopic (exact) mass is 413 g/mol. The number of nitrogens with zero attached hydrogens (tertiary/aromatic N) is 1. The second-order valence-electron chi connectivity index (χ2n) is 8.66. The van der Waals surface area contributed by atoms with Gasteiger partial charge in [0.15, 0.2) is 0 Å². The van der Waals surface area contributed by atoms with Gasteiger partial charge in [-0.1, -0.05) is 60.7 Å². The van der Waals surface area contributed by atoms with E-state index in [4.69, 9.17) is 9.47 Å². The Labute approximate surface area is 185 Å². The summed E-state index contributed by atoms with van der Waals surface area (Å²) in [5.41, 5.74) is 3.90. The molecular weight excluding hydrogens is 382 g/mol. The van der Waals surface area contributed by atoms with E-state index in [-0.39, 0.29) is 5.92 Å². The molecule has 0 aliphatic carbocycles. The molecule has 160 valence electrons. The molecule has 3 aromatic rings. The van der Waals surface area contributed by atoms with Crippen LogP contribution in [0.25, 0.3) is 0 Å². The van der Waals surface area contributed by atoms with Gasteiger partial charge in [-0.05, 0) is 61.7 Å². The molecule has 0 spiro atoms. The van der Waals surface area contributed by atoms with E-state index < -0.39 is 0 Å². The van der Waals surface area contributed by atoms with Crippen molar-refractivity contribution in [3.63, 3.8) is 0 Å². The molecule has 0 bridgehead atoms. The number of ether oxygens (including phenoxy) is 2. The normalized spacial score (nSPS) is 20.8. The highest BCUT2D eigenvalue weighted by atomic mass is 16.5. The Morgan fingerprint density at radius 3 is 2.35 bits per heavy atom. The van der Waals surface area contributed by atoms with Gasteiger partial charge in [-0.25, -0.2) is 0 Å². The number of para-hydroxylation sites is 1. The van der Waals surface area contributed by atoms with Crippen LogP contribution in [0.1, 0.15) is 47.8 Å². The maximum atomic E-state index is 6.14. The topological polar surface area (TPSA) is 21.7 Å². The first-order chi connectivity index (χ1) is 15.4. The van der Waals surface area contributed by atoms with Gasteiger partial charge < -0.3 is 14.4 Å². The van der Waals surface area contributed by atoms with Gasteiger partial charge in [-0.2, -0.15) is 0 Å². The minimum absolute atomic E-state index is 0.275. The Morgan fingerprint density at radius 2 is 1.55 bits per heavy atom. The zero-order valence-corrected chi connectivity index (χ0v) is 18.1. The Kier molecular flexibility index (Phi) is 6.22. The van der Waals surface area contributed by atoms with Crippen molar-refractivity contribution in [2.24, 2.45) is 0 Å². The smallest absolute Gasteiger partial charge is 0.123 e. The van der Waals surface area contributed by atoms with Gasteiger partial charge in [-0.15, -0.1) is 0 Å². The summed E-state index contributed by atoms with van der Waals surface area (Å²) in [5.74, 6) is 2.53. The summed E-state index contributed by atoms with van der Waals surface area (Å²) >= 11 is 0. The first kappa shape index (κ1) is 20.1. The van der Waals surface area contributed by atoms with Crippen LogP contribution in [-0.2, 0) is 0 Å². The second kappa shape index (κ2) is 9.57. The number of hydrogen-bond acceptors (Lipinski definition) is 3.